The van der Waals surface area contributed by atoms with E-state index in [1.165, 1.54) is 83.5 Å². The monoisotopic (exact) mass is 432 g/mol. The summed E-state index contributed by atoms with van der Waals surface area (Å²) in [5.41, 5.74) is 0.803. The fourth-order valence-corrected chi connectivity index (χ4v) is 3.57. The zero-order valence-electron chi connectivity index (χ0n) is 20.0. The highest BCUT2D eigenvalue weighted by Crippen LogP contribution is 2.13. The Morgan fingerprint density at radius 2 is 1.26 bits per heavy atom. The summed E-state index contributed by atoms with van der Waals surface area (Å²) in [5.74, 6) is -0.260. The third kappa shape index (κ3) is 17.7. The van der Waals surface area contributed by atoms with Crippen LogP contribution in [0, 0.1) is 0 Å². The predicted octanol–water partition coefficient (Wildman–Crippen LogP) is 6.57. The summed E-state index contributed by atoms with van der Waals surface area (Å²) in [7, 11) is 0. The second-order valence-electron chi connectivity index (χ2n) is 8.61. The normalized spacial score (nSPS) is 10.9. The lowest BCUT2D eigenvalue weighted by Crippen LogP contribution is -2.37. The van der Waals surface area contributed by atoms with Crippen molar-refractivity contribution in [2.24, 2.45) is 0 Å². The summed E-state index contributed by atoms with van der Waals surface area (Å²) >= 11 is 0. The summed E-state index contributed by atoms with van der Waals surface area (Å²) in [6.45, 7) is 7.87. The van der Waals surface area contributed by atoms with Crippen LogP contribution in [0.25, 0.3) is 0 Å². The number of unbranched alkanes of at least 4 members (excludes halogenated alkanes) is 13. The van der Waals surface area contributed by atoms with Crippen molar-refractivity contribution in [3.63, 3.8) is 0 Å². The molecule has 0 aliphatic carbocycles. The molecule has 0 N–H and O–H groups in total. The van der Waals surface area contributed by atoms with Gasteiger partial charge < -0.3 is 9.47 Å². The Labute approximate surface area is 191 Å². The van der Waals surface area contributed by atoms with Gasteiger partial charge in [0, 0.05) is 18.7 Å². The number of rotatable bonds is 21. The molecule has 0 aliphatic rings. The molecule has 0 amide bonds. The lowest BCUT2D eigenvalue weighted by Gasteiger charge is -2.08. The van der Waals surface area contributed by atoms with Gasteiger partial charge in [0.25, 0.3) is 0 Å². The minimum Gasteiger partial charge on any atom is -0.456 e. The molecule has 0 saturated heterocycles. The van der Waals surface area contributed by atoms with Crippen LogP contribution in [0.3, 0.4) is 0 Å². The third-order valence-electron chi connectivity index (χ3n) is 5.47. The van der Waals surface area contributed by atoms with Gasteiger partial charge in [-0.15, -0.1) is 0 Å². The molecule has 31 heavy (non-hydrogen) atoms. The Morgan fingerprint density at radius 3 is 1.81 bits per heavy atom. The van der Waals surface area contributed by atoms with E-state index >= 15 is 0 Å². The van der Waals surface area contributed by atoms with Crippen molar-refractivity contribution in [3.05, 3.63) is 42.7 Å². The van der Waals surface area contributed by atoms with Crippen LogP contribution in [0.4, 0.5) is 0 Å². The summed E-state index contributed by atoms with van der Waals surface area (Å²) in [4.78, 5) is 11.8. The van der Waals surface area contributed by atoms with E-state index in [9.17, 15) is 4.79 Å². The Kier molecular flexibility index (Phi) is 17.9. The number of esters is 1. The Morgan fingerprint density at radius 1 is 0.742 bits per heavy atom. The smallest absolute Gasteiger partial charge is 0.372 e. The molecule has 1 aromatic rings. The summed E-state index contributed by atoms with van der Waals surface area (Å²) in [6, 6.07) is 5.69. The summed E-state index contributed by atoms with van der Waals surface area (Å²) in [5, 5.41) is 0. The molecule has 176 valence electrons. The van der Waals surface area contributed by atoms with Crippen LogP contribution in [-0.2, 0) is 20.8 Å². The highest BCUT2D eigenvalue weighted by atomic mass is 16.5. The maximum Gasteiger partial charge on any atom is 0.372 e. The van der Waals surface area contributed by atoms with E-state index in [1.807, 2.05) is 30.6 Å². The number of nitrogens with zero attached hydrogens (tertiary/aromatic N) is 1. The van der Waals surface area contributed by atoms with Crippen LogP contribution < -0.4 is 4.57 Å². The number of carbonyl (C=O) groups is 1. The third-order valence-corrected chi connectivity index (χ3v) is 5.47. The van der Waals surface area contributed by atoms with E-state index in [1.54, 1.807) is 4.57 Å². The number of ether oxygens (including phenoxy) is 2. The van der Waals surface area contributed by atoms with E-state index in [0.717, 1.165) is 18.6 Å². The van der Waals surface area contributed by atoms with Gasteiger partial charge in [-0.3, -0.25) is 0 Å². The molecule has 0 fully saturated rings. The molecular formula is C27H46NO3+. The topological polar surface area (TPSA) is 39.4 Å². The standard InChI is InChI=1S/C27H46NO3/c1-3-4-5-6-7-8-9-10-11-12-13-14-15-19-22-30-24-26(2)25-31-27(29)23-28-20-17-16-18-21-28/h16-18,20-21H,2-15,19,22-25H2,1H3/q+1. The molecule has 0 aliphatic heterocycles. The van der Waals surface area contributed by atoms with E-state index in [-0.39, 0.29) is 19.1 Å². The van der Waals surface area contributed by atoms with Crippen LogP contribution in [0.2, 0.25) is 0 Å². The lowest BCUT2D eigenvalue weighted by molar-refractivity contribution is -0.686. The highest BCUT2D eigenvalue weighted by molar-refractivity contribution is 5.67. The molecule has 4 nitrogen and oxygen atoms in total. The number of carbonyl (C=O) groups excluding carboxylic acids is 1. The van der Waals surface area contributed by atoms with Gasteiger partial charge in [-0.2, -0.15) is 4.57 Å². The van der Waals surface area contributed by atoms with Crippen LogP contribution >= 0.6 is 0 Å². The van der Waals surface area contributed by atoms with E-state index in [0.29, 0.717) is 6.61 Å². The zero-order chi connectivity index (χ0) is 22.4. The van der Waals surface area contributed by atoms with Gasteiger partial charge in [-0.05, 0) is 12.0 Å². The fraction of sp³-hybridized carbons (Fsp3) is 0.704. The van der Waals surface area contributed by atoms with Gasteiger partial charge in [0.05, 0.1) is 6.61 Å². The SMILES string of the molecule is C=C(COCCCCCCCCCCCCCCCC)COC(=O)C[n+]1ccccc1. The first kappa shape index (κ1) is 27.4. The minimum atomic E-state index is -0.260. The number of hydrogen-bond acceptors (Lipinski definition) is 3. The second kappa shape index (κ2) is 20.2. The van der Waals surface area contributed by atoms with Crippen molar-refractivity contribution < 1.29 is 18.8 Å². The maximum atomic E-state index is 11.8. The Balaban J connectivity index is 1.80. The molecular weight excluding hydrogens is 386 g/mol. The lowest BCUT2D eigenvalue weighted by atomic mass is 10.0. The van der Waals surface area contributed by atoms with Gasteiger partial charge in [0.1, 0.15) is 6.61 Å². The highest BCUT2D eigenvalue weighted by Gasteiger charge is 2.10. The molecule has 1 heterocycles. The Hall–Kier alpha value is -1.68. The average Bonchev–Trinajstić information content (AvgIpc) is 2.78. The number of pyridine rings is 1. The van der Waals surface area contributed by atoms with Crippen LogP contribution in [-0.4, -0.2) is 25.8 Å². The zero-order valence-corrected chi connectivity index (χ0v) is 20.0. The molecule has 4 heteroatoms. The molecule has 0 bridgehead atoms. The summed E-state index contributed by atoms with van der Waals surface area (Å²) in [6.07, 6.45) is 22.7. The van der Waals surface area contributed by atoms with Crippen molar-refractivity contribution in [1.29, 1.82) is 0 Å². The van der Waals surface area contributed by atoms with Gasteiger partial charge in [0.15, 0.2) is 12.4 Å². The largest absolute Gasteiger partial charge is 0.456 e. The maximum absolute atomic E-state index is 11.8. The van der Waals surface area contributed by atoms with Crippen molar-refractivity contribution in [2.75, 3.05) is 19.8 Å². The molecule has 0 unspecified atom stereocenters. The second-order valence-corrected chi connectivity index (χ2v) is 8.61. The van der Waals surface area contributed by atoms with E-state index in [4.69, 9.17) is 9.47 Å². The van der Waals surface area contributed by atoms with Crippen LogP contribution in [0.5, 0.6) is 0 Å². The van der Waals surface area contributed by atoms with Gasteiger partial charge in [-0.1, -0.05) is 103 Å². The first-order valence-corrected chi connectivity index (χ1v) is 12.6. The predicted molar refractivity (Wildman–Crippen MR) is 128 cm³/mol. The molecule has 0 radical (unpaired) electrons. The van der Waals surface area contributed by atoms with Crippen LogP contribution in [0.15, 0.2) is 42.7 Å². The van der Waals surface area contributed by atoms with Crippen molar-refractivity contribution >= 4 is 5.97 Å². The molecule has 1 aromatic heterocycles. The molecule has 0 aromatic carbocycles. The van der Waals surface area contributed by atoms with E-state index in [2.05, 4.69) is 13.5 Å². The fourth-order valence-electron chi connectivity index (χ4n) is 3.57. The van der Waals surface area contributed by atoms with Gasteiger partial charge in [-0.25, -0.2) is 4.79 Å². The average molecular weight is 433 g/mol. The molecule has 0 saturated carbocycles. The number of aromatic nitrogens is 1. The first-order chi connectivity index (χ1) is 15.2. The molecule has 0 atom stereocenters. The van der Waals surface area contributed by atoms with Crippen LogP contribution in [0.1, 0.15) is 96.8 Å². The van der Waals surface area contributed by atoms with Gasteiger partial charge in [0.2, 0.25) is 6.54 Å². The Bertz CT molecular complexity index is 559. The van der Waals surface area contributed by atoms with E-state index < -0.39 is 0 Å². The summed E-state index contributed by atoms with van der Waals surface area (Å²) < 4.78 is 12.7. The number of hydrogen-bond donors (Lipinski definition) is 0. The molecule has 1 rings (SSSR count). The van der Waals surface area contributed by atoms with Gasteiger partial charge >= 0.3 is 5.97 Å². The first-order valence-electron chi connectivity index (χ1n) is 12.6. The van der Waals surface area contributed by atoms with Crippen molar-refractivity contribution in [2.45, 2.75) is 103 Å². The minimum absolute atomic E-state index is 0.216. The van der Waals surface area contributed by atoms with Crippen molar-refractivity contribution in [3.8, 4) is 0 Å². The quantitative estimate of drug-likeness (QED) is 0.0954. The molecule has 0 spiro atoms. The van der Waals surface area contributed by atoms with Crippen molar-refractivity contribution in [1.82, 2.24) is 0 Å².